The van der Waals surface area contributed by atoms with Crippen LogP contribution < -0.4 is 21.9 Å². The van der Waals surface area contributed by atoms with Crippen LogP contribution in [0.15, 0.2) is 0 Å². The lowest BCUT2D eigenvalue weighted by molar-refractivity contribution is -0.118. The zero-order valence-electron chi connectivity index (χ0n) is 12.8. The molecular weight excluding hydrogens is 256 g/mol. The molecule has 1 amide bonds. The summed E-state index contributed by atoms with van der Waals surface area (Å²) in [6.45, 7) is 10.6. The highest BCUT2D eigenvalue weighted by atomic mass is 16.1. The number of nitrogens with zero attached hydrogens (tertiary/aromatic N) is 2. The van der Waals surface area contributed by atoms with Crippen molar-refractivity contribution >= 4 is 17.5 Å². The van der Waals surface area contributed by atoms with E-state index in [0.29, 0.717) is 24.7 Å². The summed E-state index contributed by atoms with van der Waals surface area (Å²) in [5, 5.41) is 5.92. The highest BCUT2D eigenvalue weighted by molar-refractivity contribution is 5.72. The standard InChI is InChI=1S/C13H24N6O/c1-8-10(16-7-6-15-9(2)20)17-12(13(3,4)5)18-11(8)19-14/h6-7,14H2,1-5H3,(H,15,20)(H2,16,17,18,19). The van der Waals surface area contributed by atoms with E-state index in [1.54, 1.807) is 0 Å². The minimum Gasteiger partial charge on any atom is -0.368 e. The number of amides is 1. The van der Waals surface area contributed by atoms with Crippen molar-refractivity contribution in [2.45, 2.75) is 40.0 Å². The Morgan fingerprint density at radius 1 is 1.20 bits per heavy atom. The van der Waals surface area contributed by atoms with Crippen molar-refractivity contribution in [2.24, 2.45) is 5.84 Å². The second-order valence-electron chi connectivity index (χ2n) is 5.67. The van der Waals surface area contributed by atoms with Gasteiger partial charge in [-0.3, -0.25) is 4.79 Å². The van der Waals surface area contributed by atoms with Gasteiger partial charge in [0, 0.05) is 31.0 Å². The van der Waals surface area contributed by atoms with Crippen molar-refractivity contribution in [1.29, 1.82) is 0 Å². The molecule has 0 unspecified atom stereocenters. The number of aromatic nitrogens is 2. The lowest BCUT2D eigenvalue weighted by Gasteiger charge is -2.20. The maximum absolute atomic E-state index is 10.8. The van der Waals surface area contributed by atoms with Crippen LogP contribution in [0.1, 0.15) is 39.1 Å². The molecule has 0 spiro atoms. The number of rotatable bonds is 5. The highest BCUT2D eigenvalue weighted by Crippen LogP contribution is 2.25. The molecule has 0 aliphatic carbocycles. The Balaban J connectivity index is 2.91. The molecule has 1 aromatic heterocycles. The van der Waals surface area contributed by atoms with E-state index in [4.69, 9.17) is 5.84 Å². The van der Waals surface area contributed by atoms with Gasteiger partial charge in [0.15, 0.2) is 0 Å². The summed E-state index contributed by atoms with van der Waals surface area (Å²) in [4.78, 5) is 19.8. The van der Waals surface area contributed by atoms with E-state index >= 15 is 0 Å². The van der Waals surface area contributed by atoms with Crippen LogP contribution in [0.4, 0.5) is 11.6 Å². The van der Waals surface area contributed by atoms with E-state index in [2.05, 4.69) is 26.0 Å². The Morgan fingerprint density at radius 3 is 2.30 bits per heavy atom. The molecule has 20 heavy (non-hydrogen) atoms. The average molecular weight is 280 g/mol. The zero-order chi connectivity index (χ0) is 15.3. The molecule has 1 aromatic rings. The van der Waals surface area contributed by atoms with Crippen molar-refractivity contribution < 1.29 is 4.79 Å². The number of hydrogen-bond donors (Lipinski definition) is 4. The summed E-state index contributed by atoms with van der Waals surface area (Å²) in [6.07, 6.45) is 0. The van der Waals surface area contributed by atoms with Crippen molar-refractivity contribution in [3.63, 3.8) is 0 Å². The van der Waals surface area contributed by atoms with Crippen molar-refractivity contribution in [3.05, 3.63) is 11.4 Å². The maximum Gasteiger partial charge on any atom is 0.216 e. The SMILES string of the molecule is CC(=O)NCCNc1nc(C(C)(C)C)nc(NN)c1C. The van der Waals surface area contributed by atoms with Gasteiger partial charge in [-0.2, -0.15) is 0 Å². The molecule has 0 aliphatic rings. The van der Waals surface area contributed by atoms with E-state index in [9.17, 15) is 4.79 Å². The first-order chi connectivity index (χ1) is 9.25. The smallest absolute Gasteiger partial charge is 0.216 e. The average Bonchev–Trinajstić information content (AvgIpc) is 2.34. The van der Waals surface area contributed by atoms with Crippen LogP contribution in [0.2, 0.25) is 0 Å². The fourth-order valence-electron chi connectivity index (χ4n) is 1.58. The van der Waals surface area contributed by atoms with Gasteiger partial charge >= 0.3 is 0 Å². The molecular formula is C13H24N6O. The van der Waals surface area contributed by atoms with Crippen LogP contribution in [-0.4, -0.2) is 29.0 Å². The first-order valence-corrected chi connectivity index (χ1v) is 6.59. The van der Waals surface area contributed by atoms with Crippen LogP contribution in [0, 0.1) is 6.92 Å². The van der Waals surface area contributed by atoms with E-state index in [1.807, 2.05) is 27.7 Å². The van der Waals surface area contributed by atoms with Crippen LogP contribution in [-0.2, 0) is 10.2 Å². The Morgan fingerprint density at radius 2 is 1.80 bits per heavy atom. The number of nitrogens with two attached hydrogens (primary N) is 1. The maximum atomic E-state index is 10.8. The summed E-state index contributed by atoms with van der Waals surface area (Å²) in [6, 6.07) is 0. The summed E-state index contributed by atoms with van der Waals surface area (Å²) in [5.41, 5.74) is 3.27. The van der Waals surface area contributed by atoms with Crippen molar-refractivity contribution in [3.8, 4) is 0 Å². The Labute approximate surface area is 119 Å². The van der Waals surface area contributed by atoms with Crippen LogP contribution in [0.5, 0.6) is 0 Å². The lowest BCUT2D eigenvalue weighted by atomic mass is 9.95. The summed E-state index contributed by atoms with van der Waals surface area (Å²) < 4.78 is 0. The topological polar surface area (TPSA) is 105 Å². The fraction of sp³-hybridized carbons (Fsp3) is 0.615. The van der Waals surface area contributed by atoms with Crippen LogP contribution >= 0.6 is 0 Å². The zero-order valence-corrected chi connectivity index (χ0v) is 12.8. The molecule has 0 aliphatic heterocycles. The third-order valence-corrected chi connectivity index (χ3v) is 2.74. The quantitative estimate of drug-likeness (QED) is 0.363. The predicted octanol–water partition coefficient (Wildman–Crippen LogP) is 0.916. The fourth-order valence-corrected chi connectivity index (χ4v) is 1.58. The molecule has 1 rings (SSSR count). The van der Waals surface area contributed by atoms with Gasteiger partial charge in [0.25, 0.3) is 0 Å². The Bertz CT molecular complexity index is 480. The molecule has 0 atom stereocenters. The third-order valence-electron chi connectivity index (χ3n) is 2.74. The summed E-state index contributed by atoms with van der Waals surface area (Å²) >= 11 is 0. The number of nitrogens with one attached hydrogen (secondary N) is 3. The largest absolute Gasteiger partial charge is 0.368 e. The van der Waals surface area contributed by atoms with Gasteiger partial charge in [-0.15, -0.1) is 0 Å². The molecule has 0 radical (unpaired) electrons. The molecule has 0 saturated carbocycles. The number of carbonyl (C=O) groups is 1. The van der Waals surface area contributed by atoms with E-state index in [-0.39, 0.29) is 11.3 Å². The number of carbonyl (C=O) groups excluding carboxylic acids is 1. The molecule has 0 aromatic carbocycles. The first-order valence-electron chi connectivity index (χ1n) is 6.59. The second kappa shape index (κ2) is 6.51. The van der Waals surface area contributed by atoms with Crippen LogP contribution in [0.3, 0.4) is 0 Å². The summed E-state index contributed by atoms with van der Waals surface area (Å²) in [5.74, 6) is 7.49. The molecule has 112 valence electrons. The van der Waals surface area contributed by atoms with Crippen LogP contribution in [0.25, 0.3) is 0 Å². The third kappa shape index (κ3) is 4.34. The lowest BCUT2D eigenvalue weighted by Crippen LogP contribution is -2.27. The number of hydrogen-bond acceptors (Lipinski definition) is 6. The molecule has 1 heterocycles. The van der Waals surface area contributed by atoms with Gasteiger partial charge in [-0.05, 0) is 6.92 Å². The number of nitrogen functional groups attached to an aromatic ring is 1. The van der Waals surface area contributed by atoms with E-state index in [1.165, 1.54) is 6.92 Å². The summed E-state index contributed by atoms with van der Waals surface area (Å²) in [7, 11) is 0. The van der Waals surface area contributed by atoms with E-state index < -0.39 is 0 Å². The van der Waals surface area contributed by atoms with Gasteiger partial charge in [0.05, 0.1) is 0 Å². The Hall–Kier alpha value is -1.89. The monoisotopic (exact) mass is 280 g/mol. The Kier molecular flexibility index (Phi) is 5.26. The molecule has 7 heteroatoms. The van der Waals surface area contributed by atoms with Crippen molar-refractivity contribution in [2.75, 3.05) is 23.8 Å². The normalized spacial score (nSPS) is 11.1. The predicted molar refractivity (Wildman–Crippen MR) is 80.5 cm³/mol. The highest BCUT2D eigenvalue weighted by Gasteiger charge is 2.20. The number of anilines is 2. The molecule has 0 bridgehead atoms. The van der Waals surface area contributed by atoms with Gasteiger partial charge in [0.1, 0.15) is 17.5 Å². The first kappa shape index (κ1) is 16.2. The van der Waals surface area contributed by atoms with Gasteiger partial charge in [0.2, 0.25) is 5.91 Å². The minimum atomic E-state index is -0.173. The molecule has 0 fully saturated rings. The molecule has 7 nitrogen and oxygen atoms in total. The van der Waals surface area contributed by atoms with Gasteiger partial charge in [-0.25, -0.2) is 15.8 Å². The van der Waals surface area contributed by atoms with E-state index in [0.717, 1.165) is 11.4 Å². The number of hydrazine groups is 1. The second-order valence-corrected chi connectivity index (χ2v) is 5.67. The minimum absolute atomic E-state index is 0.0501. The van der Waals surface area contributed by atoms with Gasteiger partial charge in [-0.1, -0.05) is 20.8 Å². The molecule has 5 N–H and O–H groups in total. The van der Waals surface area contributed by atoms with Crippen molar-refractivity contribution in [1.82, 2.24) is 15.3 Å². The van der Waals surface area contributed by atoms with Gasteiger partial charge < -0.3 is 16.1 Å². The molecule has 0 saturated heterocycles.